The van der Waals surface area contributed by atoms with Gasteiger partial charge >= 0.3 is 6.03 Å². The van der Waals surface area contributed by atoms with E-state index in [4.69, 9.17) is 9.47 Å². The molecule has 1 aromatic carbocycles. The van der Waals surface area contributed by atoms with Gasteiger partial charge in [0.2, 0.25) is 0 Å². The Labute approximate surface area is 150 Å². The first kappa shape index (κ1) is 16.2. The van der Waals surface area contributed by atoms with Crippen LogP contribution in [0.1, 0.15) is 32.1 Å². The van der Waals surface area contributed by atoms with Crippen LogP contribution in [-0.4, -0.2) is 30.3 Å². The molecule has 0 unspecified atom stereocenters. The summed E-state index contributed by atoms with van der Waals surface area (Å²) in [6.07, 6.45) is 5.78. The van der Waals surface area contributed by atoms with Gasteiger partial charge in [0.15, 0.2) is 16.6 Å². The maximum Gasteiger partial charge on any atom is 0.321 e. The minimum Gasteiger partial charge on any atom is -0.486 e. The molecule has 2 N–H and O–H groups in total. The second kappa shape index (κ2) is 7.31. The van der Waals surface area contributed by atoms with Crippen LogP contribution in [0.2, 0.25) is 0 Å². The van der Waals surface area contributed by atoms with Crippen molar-refractivity contribution in [1.82, 2.24) is 10.3 Å². The summed E-state index contributed by atoms with van der Waals surface area (Å²) in [5.74, 6) is 1.50. The number of benzene rings is 1. The van der Waals surface area contributed by atoms with Gasteiger partial charge in [0.1, 0.15) is 13.2 Å². The number of thiazole rings is 1. The van der Waals surface area contributed by atoms with Gasteiger partial charge in [-0.15, -0.1) is 11.3 Å². The summed E-state index contributed by atoms with van der Waals surface area (Å²) in [5, 5.41) is 8.41. The van der Waals surface area contributed by atoms with Crippen molar-refractivity contribution < 1.29 is 14.3 Å². The first-order chi connectivity index (χ1) is 12.3. The molecule has 2 heterocycles. The molecule has 1 fully saturated rings. The highest BCUT2D eigenvalue weighted by Crippen LogP contribution is 2.35. The van der Waals surface area contributed by atoms with Crippen molar-refractivity contribution in [3.63, 3.8) is 0 Å². The first-order valence-electron chi connectivity index (χ1n) is 8.71. The fourth-order valence-corrected chi connectivity index (χ4v) is 3.95. The van der Waals surface area contributed by atoms with Crippen molar-refractivity contribution in [2.75, 3.05) is 18.5 Å². The van der Waals surface area contributed by atoms with E-state index in [1.807, 2.05) is 23.6 Å². The molecule has 132 valence electrons. The minimum absolute atomic E-state index is 0.171. The summed E-state index contributed by atoms with van der Waals surface area (Å²) >= 11 is 1.42. The zero-order valence-corrected chi connectivity index (χ0v) is 14.7. The number of aromatic nitrogens is 1. The minimum atomic E-state index is -0.171. The summed E-state index contributed by atoms with van der Waals surface area (Å²) < 4.78 is 11.1. The molecular weight excluding hydrogens is 338 g/mol. The highest BCUT2D eigenvalue weighted by atomic mass is 32.1. The van der Waals surface area contributed by atoms with Crippen LogP contribution >= 0.6 is 11.3 Å². The number of urea groups is 1. The van der Waals surface area contributed by atoms with Gasteiger partial charge in [0.05, 0.1) is 5.69 Å². The van der Waals surface area contributed by atoms with Crippen LogP contribution in [0.3, 0.4) is 0 Å². The van der Waals surface area contributed by atoms with Gasteiger partial charge in [0, 0.05) is 17.0 Å². The number of amides is 2. The van der Waals surface area contributed by atoms with Gasteiger partial charge in [-0.05, 0) is 31.0 Å². The fourth-order valence-electron chi connectivity index (χ4n) is 3.23. The number of carbonyl (C=O) groups is 1. The van der Waals surface area contributed by atoms with Crippen LogP contribution in [0.5, 0.6) is 11.5 Å². The average molecular weight is 359 g/mol. The Kier molecular flexibility index (Phi) is 4.74. The Hall–Kier alpha value is -2.28. The number of ether oxygens (including phenoxy) is 2. The van der Waals surface area contributed by atoms with Gasteiger partial charge in [-0.1, -0.05) is 19.3 Å². The molecule has 7 heteroatoms. The van der Waals surface area contributed by atoms with E-state index < -0.39 is 0 Å². The van der Waals surface area contributed by atoms with Gasteiger partial charge in [-0.2, -0.15) is 0 Å². The molecule has 4 rings (SSSR count). The summed E-state index contributed by atoms with van der Waals surface area (Å²) in [5.41, 5.74) is 1.76. The molecule has 6 nitrogen and oxygen atoms in total. The quantitative estimate of drug-likeness (QED) is 0.868. The van der Waals surface area contributed by atoms with Crippen molar-refractivity contribution in [2.45, 2.75) is 38.1 Å². The Balaban J connectivity index is 1.40. The Morgan fingerprint density at radius 2 is 1.92 bits per heavy atom. The van der Waals surface area contributed by atoms with E-state index >= 15 is 0 Å². The molecule has 1 aliphatic heterocycles. The third-order valence-corrected chi connectivity index (χ3v) is 5.26. The molecule has 1 aliphatic carbocycles. The second-order valence-electron chi connectivity index (χ2n) is 6.33. The van der Waals surface area contributed by atoms with Gasteiger partial charge in [-0.3, -0.25) is 5.32 Å². The van der Waals surface area contributed by atoms with E-state index in [-0.39, 0.29) is 12.1 Å². The molecule has 2 aromatic rings. The zero-order chi connectivity index (χ0) is 17.1. The molecule has 1 saturated carbocycles. The lowest BCUT2D eigenvalue weighted by molar-refractivity contribution is 0.171. The molecule has 0 spiro atoms. The normalized spacial score (nSPS) is 17.1. The van der Waals surface area contributed by atoms with Gasteiger partial charge in [0.25, 0.3) is 0 Å². The molecule has 0 saturated heterocycles. The number of hydrogen-bond donors (Lipinski definition) is 2. The predicted octanol–water partition coefficient (Wildman–Crippen LogP) is 4.04. The Bertz CT molecular complexity index is 756. The molecule has 0 radical (unpaired) electrons. The lowest BCUT2D eigenvalue weighted by Gasteiger charge is -2.22. The van der Waals surface area contributed by atoms with E-state index in [9.17, 15) is 4.79 Å². The Morgan fingerprint density at radius 3 is 2.76 bits per heavy atom. The lowest BCUT2D eigenvalue weighted by atomic mass is 9.96. The standard InChI is InChI=1S/C18H21N3O3S/c22-17(19-13-4-2-1-3-5-13)21-18-20-14(11-25-18)12-6-7-15-16(10-12)24-9-8-23-15/h6-7,10-11,13H,1-5,8-9H2,(H2,19,20,21,22). The monoisotopic (exact) mass is 359 g/mol. The first-order valence-corrected chi connectivity index (χ1v) is 9.59. The largest absolute Gasteiger partial charge is 0.486 e. The molecule has 1 aromatic heterocycles. The van der Waals surface area contributed by atoms with Crippen molar-refractivity contribution in [2.24, 2.45) is 0 Å². The third kappa shape index (κ3) is 3.87. The molecule has 25 heavy (non-hydrogen) atoms. The highest BCUT2D eigenvalue weighted by molar-refractivity contribution is 7.14. The molecule has 0 bridgehead atoms. The van der Waals surface area contributed by atoms with Crippen LogP contribution < -0.4 is 20.1 Å². The van der Waals surface area contributed by atoms with Crippen LogP contribution in [-0.2, 0) is 0 Å². The number of fused-ring (bicyclic) bond motifs is 1. The van der Waals surface area contributed by atoms with E-state index in [0.29, 0.717) is 18.3 Å². The second-order valence-corrected chi connectivity index (χ2v) is 7.19. The molecular formula is C18H21N3O3S. The van der Waals surface area contributed by atoms with Crippen molar-refractivity contribution in [3.8, 4) is 22.8 Å². The van der Waals surface area contributed by atoms with Crippen molar-refractivity contribution in [3.05, 3.63) is 23.6 Å². The maximum absolute atomic E-state index is 12.1. The molecule has 2 aliphatic rings. The van der Waals surface area contributed by atoms with E-state index in [1.165, 1.54) is 30.6 Å². The smallest absolute Gasteiger partial charge is 0.321 e. The van der Waals surface area contributed by atoms with E-state index in [0.717, 1.165) is 35.6 Å². The van der Waals surface area contributed by atoms with Crippen molar-refractivity contribution >= 4 is 22.5 Å². The topological polar surface area (TPSA) is 72.5 Å². The lowest BCUT2D eigenvalue weighted by Crippen LogP contribution is -2.38. The Morgan fingerprint density at radius 1 is 1.12 bits per heavy atom. The predicted molar refractivity (Wildman–Crippen MR) is 97.6 cm³/mol. The van der Waals surface area contributed by atoms with E-state index in [2.05, 4.69) is 15.6 Å². The summed E-state index contributed by atoms with van der Waals surface area (Å²) in [6, 6.07) is 5.89. The third-order valence-electron chi connectivity index (χ3n) is 4.50. The van der Waals surface area contributed by atoms with Gasteiger partial charge < -0.3 is 14.8 Å². The van der Waals surface area contributed by atoms with Gasteiger partial charge in [-0.25, -0.2) is 9.78 Å². The number of nitrogens with zero attached hydrogens (tertiary/aromatic N) is 1. The molecule has 2 amide bonds. The summed E-state index contributed by atoms with van der Waals surface area (Å²) in [4.78, 5) is 16.6. The molecule has 0 atom stereocenters. The average Bonchev–Trinajstić information content (AvgIpc) is 3.10. The maximum atomic E-state index is 12.1. The SMILES string of the molecule is O=C(Nc1nc(-c2ccc3c(c2)OCCO3)cs1)NC1CCCCC1. The van der Waals surface area contributed by atoms with Crippen LogP contribution in [0.25, 0.3) is 11.3 Å². The number of rotatable bonds is 3. The number of carbonyl (C=O) groups excluding carboxylic acids is 1. The highest BCUT2D eigenvalue weighted by Gasteiger charge is 2.17. The van der Waals surface area contributed by atoms with Crippen LogP contribution in [0, 0.1) is 0 Å². The number of anilines is 1. The van der Waals surface area contributed by atoms with E-state index in [1.54, 1.807) is 0 Å². The summed E-state index contributed by atoms with van der Waals surface area (Å²) in [6.45, 7) is 1.13. The number of nitrogens with one attached hydrogen (secondary N) is 2. The van der Waals surface area contributed by atoms with Crippen LogP contribution in [0.15, 0.2) is 23.6 Å². The van der Waals surface area contributed by atoms with Crippen molar-refractivity contribution in [1.29, 1.82) is 0 Å². The van der Waals surface area contributed by atoms with Crippen LogP contribution in [0.4, 0.5) is 9.93 Å². The summed E-state index contributed by atoms with van der Waals surface area (Å²) in [7, 11) is 0. The fraction of sp³-hybridized carbons (Fsp3) is 0.444. The zero-order valence-electron chi connectivity index (χ0n) is 13.9. The number of hydrogen-bond acceptors (Lipinski definition) is 5.